The molecule has 0 bridgehead atoms. The van der Waals surface area contributed by atoms with Crippen molar-refractivity contribution < 1.29 is 18.3 Å². The molecule has 0 aromatic carbocycles. The van der Waals surface area contributed by atoms with Crippen LogP contribution in [0.3, 0.4) is 0 Å². The maximum Gasteiger partial charge on any atom is 0.345 e. The van der Waals surface area contributed by atoms with E-state index in [2.05, 4.69) is 4.90 Å². The van der Waals surface area contributed by atoms with Crippen LogP contribution in [0.25, 0.3) is 0 Å². The molecule has 0 radical (unpaired) electrons. The van der Waals surface area contributed by atoms with Crippen molar-refractivity contribution in [2.45, 2.75) is 17.2 Å². The summed E-state index contributed by atoms with van der Waals surface area (Å²) in [6.07, 6.45) is 0. The summed E-state index contributed by atoms with van der Waals surface area (Å²) in [5.41, 5.74) is 0. The molecule has 2 heterocycles. The Morgan fingerprint density at radius 2 is 2.11 bits per heavy atom. The molecule has 8 heteroatoms. The lowest BCUT2D eigenvalue weighted by Crippen LogP contribution is -2.52. The van der Waals surface area contributed by atoms with E-state index in [1.54, 1.807) is 0 Å². The zero-order valence-corrected chi connectivity index (χ0v) is 12.4. The highest BCUT2D eigenvalue weighted by atomic mass is 32.2. The van der Waals surface area contributed by atoms with Crippen LogP contribution in [0.1, 0.15) is 16.6 Å². The number of piperazine rings is 1. The minimum absolute atomic E-state index is 0.0420. The normalized spacial score (nSPS) is 22.5. The van der Waals surface area contributed by atoms with Crippen LogP contribution in [0.4, 0.5) is 0 Å². The number of carboxylic acid groups (broad SMARTS) is 1. The Morgan fingerprint density at radius 3 is 2.63 bits per heavy atom. The van der Waals surface area contributed by atoms with Crippen molar-refractivity contribution in [1.82, 2.24) is 9.21 Å². The van der Waals surface area contributed by atoms with Crippen LogP contribution in [0.5, 0.6) is 0 Å². The fraction of sp³-hybridized carbons (Fsp3) is 0.545. The van der Waals surface area contributed by atoms with E-state index in [4.69, 9.17) is 5.11 Å². The van der Waals surface area contributed by atoms with Gasteiger partial charge in [0.2, 0.25) is 0 Å². The average molecular weight is 304 g/mol. The highest BCUT2D eigenvalue weighted by Crippen LogP contribution is 2.27. The second kappa shape index (κ2) is 5.20. The SMILES string of the molecule is CC1CN(C)CCN1S(=O)(=O)c1ccc(C(=O)O)s1. The van der Waals surface area contributed by atoms with Crippen LogP contribution < -0.4 is 0 Å². The van der Waals surface area contributed by atoms with Gasteiger partial charge in [-0.05, 0) is 26.1 Å². The third-order valence-corrected chi connectivity index (χ3v) is 6.68. The summed E-state index contributed by atoms with van der Waals surface area (Å²) in [5.74, 6) is -1.10. The number of sulfonamides is 1. The van der Waals surface area contributed by atoms with Crippen molar-refractivity contribution in [1.29, 1.82) is 0 Å². The van der Waals surface area contributed by atoms with Gasteiger partial charge < -0.3 is 10.0 Å². The van der Waals surface area contributed by atoms with E-state index >= 15 is 0 Å². The minimum Gasteiger partial charge on any atom is -0.477 e. The molecule has 0 spiro atoms. The molecule has 106 valence electrons. The van der Waals surface area contributed by atoms with Crippen LogP contribution in [0.2, 0.25) is 0 Å². The third kappa shape index (κ3) is 2.81. The third-order valence-electron chi connectivity index (χ3n) is 3.12. The average Bonchev–Trinajstić information content (AvgIpc) is 2.78. The van der Waals surface area contributed by atoms with E-state index in [0.717, 1.165) is 11.3 Å². The standard InChI is InChI=1S/C11H16N2O4S2/c1-8-7-12(2)5-6-13(8)19(16,17)10-4-3-9(18-10)11(14)15/h3-4,8H,5-7H2,1-2H3,(H,14,15). The Morgan fingerprint density at radius 1 is 1.42 bits per heavy atom. The van der Waals surface area contributed by atoms with Crippen molar-refractivity contribution in [3.63, 3.8) is 0 Å². The Labute approximate surface area is 116 Å². The van der Waals surface area contributed by atoms with Crippen molar-refractivity contribution >= 4 is 27.3 Å². The molecule has 1 aliphatic rings. The first-order valence-corrected chi connectivity index (χ1v) is 8.11. The number of carbonyl (C=O) groups is 1. The minimum atomic E-state index is -3.59. The summed E-state index contributed by atoms with van der Waals surface area (Å²) in [5, 5.41) is 8.86. The van der Waals surface area contributed by atoms with Gasteiger partial charge in [0.15, 0.2) is 0 Å². The number of hydrogen-bond donors (Lipinski definition) is 1. The molecular weight excluding hydrogens is 288 g/mol. The molecule has 1 aliphatic heterocycles. The first-order chi connectivity index (χ1) is 8.82. The molecule has 1 saturated heterocycles. The number of nitrogens with zero attached hydrogens (tertiary/aromatic N) is 2. The number of rotatable bonds is 3. The molecule has 1 aromatic heterocycles. The lowest BCUT2D eigenvalue weighted by atomic mass is 10.2. The Balaban J connectivity index is 2.28. The molecule has 6 nitrogen and oxygen atoms in total. The predicted molar refractivity (Wildman–Crippen MR) is 72.1 cm³/mol. The van der Waals surface area contributed by atoms with Crippen LogP contribution in [0.15, 0.2) is 16.3 Å². The highest BCUT2D eigenvalue weighted by Gasteiger charge is 2.33. The molecule has 19 heavy (non-hydrogen) atoms. The van der Waals surface area contributed by atoms with Gasteiger partial charge in [-0.25, -0.2) is 13.2 Å². The molecule has 1 aromatic rings. The van der Waals surface area contributed by atoms with Gasteiger partial charge in [0, 0.05) is 25.7 Å². The van der Waals surface area contributed by atoms with Gasteiger partial charge in [0.1, 0.15) is 9.09 Å². The van der Waals surface area contributed by atoms with Gasteiger partial charge in [-0.15, -0.1) is 11.3 Å². The quantitative estimate of drug-likeness (QED) is 0.892. The van der Waals surface area contributed by atoms with Crippen LogP contribution in [0, 0.1) is 0 Å². The topological polar surface area (TPSA) is 77.9 Å². The Kier molecular flexibility index (Phi) is 3.95. The molecule has 0 saturated carbocycles. The number of thiophene rings is 1. The van der Waals surface area contributed by atoms with Gasteiger partial charge in [-0.3, -0.25) is 0 Å². The smallest absolute Gasteiger partial charge is 0.345 e. The zero-order chi connectivity index (χ0) is 14.2. The number of carboxylic acids is 1. The summed E-state index contributed by atoms with van der Waals surface area (Å²) >= 11 is 0.802. The highest BCUT2D eigenvalue weighted by molar-refractivity contribution is 7.91. The van der Waals surface area contributed by atoms with E-state index in [1.165, 1.54) is 16.4 Å². The Hall–Kier alpha value is -0.960. The molecule has 1 fully saturated rings. The molecular formula is C11H16N2O4S2. The number of likely N-dealkylation sites (N-methyl/N-ethyl adjacent to an activating group) is 1. The van der Waals surface area contributed by atoms with Gasteiger partial charge in [-0.1, -0.05) is 0 Å². The summed E-state index contributed by atoms with van der Waals surface area (Å²) in [6.45, 7) is 3.65. The van der Waals surface area contributed by atoms with Gasteiger partial charge >= 0.3 is 5.97 Å². The molecule has 1 unspecified atom stereocenters. The molecule has 0 amide bonds. The zero-order valence-electron chi connectivity index (χ0n) is 10.7. The lowest BCUT2D eigenvalue weighted by molar-refractivity contribution is 0.0702. The molecule has 1 atom stereocenters. The maximum absolute atomic E-state index is 12.5. The van der Waals surface area contributed by atoms with Crippen molar-refractivity contribution in [3.05, 3.63) is 17.0 Å². The van der Waals surface area contributed by atoms with Crippen molar-refractivity contribution in [3.8, 4) is 0 Å². The second-order valence-electron chi connectivity index (χ2n) is 4.65. The predicted octanol–water partition coefficient (Wildman–Crippen LogP) is 0.771. The van der Waals surface area contributed by atoms with Gasteiger partial charge in [0.25, 0.3) is 10.0 Å². The first-order valence-electron chi connectivity index (χ1n) is 5.86. The fourth-order valence-corrected chi connectivity index (χ4v) is 5.06. The van der Waals surface area contributed by atoms with Gasteiger partial charge in [0.05, 0.1) is 0 Å². The maximum atomic E-state index is 12.5. The largest absolute Gasteiger partial charge is 0.477 e. The molecule has 2 rings (SSSR count). The fourth-order valence-electron chi connectivity index (χ4n) is 2.17. The first kappa shape index (κ1) is 14.4. The van der Waals surface area contributed by atoms with E-state index in [0.29, 0.717) is 19.6 Å². The lowest BCUT2D eigenvalue weighted by Gasteiger charge is -2.36. The monoisotopic (exact) mass is 304 g/mol. The van der Waals surface area contributed by atoms with Gasteiger partial charge in [-0.2, -0.15) is 4.31 Å². The number of hydrogen-bond acceptors (Lipinski definition) is 5. The Bertz CT molecular complexity index is 581. The number of aromatic carboxylic acids is 1. The second-order valence-corrected chi connectivity index (χ2v) is 7.85. The van der Waals surface area contributed by atoms with E-state index in [-0.39, 0.29) is 15.1 Å². The summed E-state index contributed by atoms with van der Waals surface area (Å²) in [4.78, 5) is 12.9. The van der Waals surface area contributed by atoms with Crippen LogP contribution >= 0.6 is 11.3 Å². The summed E-state index contributed by atoms with van der Waals surface area (Å²) in [7, 11) is -1.63. The van der Waals surface area contributed by atoms with Crippen molar-refractivity contribution in [2.75, 3.05) is 26.7 Å². The van der Waals surface area contributed by atoms with Crippen LogP contribution in [-0.4, -0.2) is 61.4 Å². The summed E-state index contributed by atoms with van der Waals surface area (Å²) < 4.78 is 26.5. The van der Waals surface area contributed by atoms with E-state index < -0.39 is 16.0 Å². The van der Waals surface area contributed by atoms with Crippen LogP contribution in [-0.2, 0) is 10.0 Å². The van der Waals surface area contributed by atoms with E-state index in [9.17, 15) is 13.2 Å². The summed E-state index contributed by atoms with van der Waals surface area (Å²) in [6, 6.07) is 2.59. The molecule has 1 N–H and O–H groups in total. The molecule has 0 aliphatic carbocycles. The van der Waals surface area contributed by atoms with E-state index in [1.807, 2.05) is 14.0 Å². The van der Waals surface area contributed by atoms with Crippen molar-refractivity contribution in [2.24, 2.45) is 0 Å².